The van der Waals surface area contributed by atoms with Gasteiger partial charge in [0.25, 0.3) is 0 Å². The first-order chi connectivity index (χ1) is 15.0. The molecule has 4 heterocycles. The van der Waals surface area contributed by atoms with Gasteiger partial charge in [0.05, 0.1) is 29.0 Å². The largest absolute Gasteiger partial charge is 0.457 e. The molecule has 1 amide bonds. The van der Waals surface area contributed by atoms with Crippen LogP contribution in [-0.4, -0.2) is 53.0 Å². The van der Waals surface area contributed by atoms with Crippen molar-refractivity contribution in [1.82, 2.24) is 9.88 Å². The van der Waals surface area contributed by atoms with Gasteiger partial charge in [-0.25, -0.2) is 4.79 Å². The molecule has 0 radical (unpaired) electrons. The highest BCUT2D eigenvalue weighted by atomic mass is 16.5. The van der Waals surface area contributed by atoms with E-state index in [1.165, 1.54) is 0 Å². The minimum atomic E-state index is -0.638. The van der Waals surface area contributed by atoms with E-state index in [4.69, 9.17) is 4.74 Å². The molecular formula is C24H27N3O4. The molecule has 1 aromatic heterocycles. The Hall–Kier alpha value is -2.77. The number of anilines is 1. The lowest BCUT2D eigenvalue weighted by Gasteiger charge is -2.38. The Kier molecular flexibility index (Phi) is 5.02. The Labute approximate surface area is 181 Å². The molecule has 5 rings (SSSR count). The van der Waals surface area contributed by atoms with E-state index in [2.05, 4.69) is 9.88 Å². The van der Waals surface area contributed by atoms with Gasteiger partial charge in [0.1, 0.15) is 6.61 Å². The van der Waals surface area contributed by atoms with Gasteiger partial charge in [0.2, 0.25) is 5.91 Å². The molecular weight excluding hydrogens is 394 g/mol. The number of fused-ring (bicyclic) bond motifs is 1. The summed E-state index contributed by atoms with van der Waals surface area (Å²) in [5.41, 5.74) is 3.84. The van der Waals surface area contributed by atoms with Crippen LogP contribution >= 0.6 is 0 Å². The van der Waals surface area contributed by atoms with Gasteiger partial charge in [0, 0.05) is 24.8 Å². The number of carbonyl (C=O) groups is 2. The van der Waals surface area contributed by atoms with Crippen LogP contribution in [0.4, 0.5) is 5.69 Å². The van der Waals surface area contributed by atoms with Gasteiger partial charge in [-0.1, -0.05) is 6.07 Å². The number of likely N-dealkylation sites (tertiary alicyclic amines) is 1. The maximum atomic E-state index is 13.2. The highest BCUT2D eigenvalue weighted by Gasteiger charge is 2.48. The van der Waals surface area contributed by atoms with Gasteiger partial charge < -0.3 is 19.6 Å². The molecule has 7 nitrogen and oxygen atoms in total. The van der Waals surface area contributed by atoms with Crippen LogP contribution in [0.2, 0.25) is 0 Å². The summed E-state index contributed by atoms with van der Waals surface area (Å²) in [4.78, 5) is 33.2. The van der Waals surface area contributed by atoms with Crippen LogP contribution in [0.15, 0.2) is 36.7 Å². The first-order valence-corrected chi connectivity index (χ1v) is 10.9. The summed E-state index contributed by atoms with van der Waals surface area (Å²) in [5.74, 6) is -0.0816. The summed E-state index contributed by atoms with van der Waals surface area (Å²) in [6.07, 6.45) is 5.31. The minimum Gasteiger partial charge on any atom is -0.457 e. The van der Waals surface area contributed by atoms with Gasteiger partial charge in [-0.2, -0.15) is 0 Å². The monoisotopic (exact) mass is 421 g/mol. The van der Waals surface area contributed by atoms with Crippen molar-refractivity contribution in [3.8, 4) is 0 Å². The first kappa shape index (κ1) is 20.2. The van der Waals surface area contributed by atoms with E-state index in [9.17, 15) is 14.7 Å². The highest BCUT2D eigenvalue weighted by Crippen LogP contribution is 2.43. The fourth-order valence-corrected chi connectivity index (χ4v) is 5.28. The average molecular weight is 421 g/mol. The third kappa shape index (κ3) is 3.42. The normalized spacial score (nSPS) is 21.4. The van der Waals surface area contributed by atoms with Crippen LogP contribution in [0.3, 0.4) is 0 Å². The number of hydrogen-bond donors (Lipinski definition) is 1. The van der Waals surface area contributed by atoms with E-state index in [0.29, 0.717) is 12.1 Å². The smallest absolute Gasteiger partial charge is 0.338 e. The predicted octanol–water partition coefficient (Wildman–Crippen LogP) is 2.61. The predicted molar refractivity (Wildman–Crippen MR) is 115 cm³/mol. The van der Waals surface area contributed by atoms with Crippen LogP contribution in [0.5, 0.6) is 0 Å². The number of pyridine rings is 1. The van der Waals surface area contributed by atoms with Crippen molar-refractivity contribution >= 4 is 17.6 Å². The molecule has 162 valence electrons. The molecule has 2 fully saturated rings. The number of amides is 1. The highest BCUT2D eigenvalue weighted by molar-refractivity contribution is 5.99. The summed E-state index contributed by atoms with van der Waals surface area (Å²) >= 11 is 0. The number of carbonyl (C=O) groups excluding carboxylic acids is 2. The molecule has 1 aromatic carbocycles. The second kappa shape index (κ2) is 7.73. The topological polar surface area (TPSA) is 83.0 Å². The van der Waals surface area contributed by atoms with E-state index < -0.39 is 6.10 Å². The number of hydrogen-bond acceptors (Lipinski definition) is 6. The standard InChI is InChI=1S/C24H27N3O4/c1-16-18(4-5-19-20(16)15-31-22(19)29)21(28)14-26-10-6-24(7-11-26)8-12-27(23(24)30)17-3-2-9-25-13-17/h2-5,9,13,21,28H,6-8,10-12,14-15H2,1H3. The number of nitrogens with zero attached hydrogens (tertiary/aromatic N) is 3. The third-order valence-corrected chi connectivity index (χ3v) is 7.28. The SMILES string of the molecule is Cc1c(C(O)CN2CCC3(CC2)CCN(c2cccnc2)C3=O)ccc2c1COC2=O. The number of piperidine rings is 1. The second-order valence-electron chi connectivity index (χ2n) is 8.90. The second-order valence-corrected chi connectivity index (χ2v) is 8.90. The van der Waals surface area contributed by atoms with Crippen molar-refractivity contribution in [3.63, 3.8) is 0 Å². The number of esters is 1. The molecule has 0 bridgehead atoms. The summed E-state index contributed by atoms with van der Waals surface area (Å²) < 4.78 is 5.12. The molecule has 3 aliphatic heterocycles. The fourth-order valence-electron chi connectivity index (χ4n) is 5.28. The number of cyclic esters (lactones) is 1. The molecule has 2 aromatic rings. The van der Waals surface area contributed by atoms with E-state index in [0.717, 1.165) is 61.3 Å². The first-order valence-electron chi connectivity index (χ1n) is 10.9. The number of aromatic nitrogens is 1. The third-order valence-electron chi connectivity index (χ3n) is 7.28. The summed E-state index contributed by atoms with van der Waals surface area (Å²) in [5, 5.41) is 10.9. The number of β-amino-alcohol motifs (C(OH)–C–C–N with tert-alkyl or cyclic N) is 1. The van der Waals surface area contributed by atoms with Crippen LogP contribution in [-0.2, 0) is 16.1 Å². The van der Waals surface area contributed by atoms with Crippen molar-refractivity contribution in [2.24, 2.45) is 5.41 Å². The minimum absolute atomic E-state index is 0.208. The molecule has 3 aliphatic rings. The zero-order valence-corrected chi connectivity index (χ0v) is 17.7. The molecule has 0 saturated carbocycles. The maximum absolute atomic E-state index is 13.2. The Balaban J connectivity index is 1.23. The molecule has 31 heavy (non-hydrogen) atoms. The van der Waals surface area contributed by atoms with Crippen LogP contribution in [0.1, 0.15) is 52.4 Å². The van der Waals surface area contributed by atoms with Gasteiger partial charge in [-0.05, 0) is 68.6 Å². The Morgan fingerprint density at radius 1 is 1.16 bits per heavy atom. The average Bonchev–Trinajstić information content (AvgIpc) is 3.32. The molecule has 1 atom stereocenters. The zero-order valence-electron chi connectivity index (χ0n) is 17.7. The van der Waals surface area contributed by atoms with E-state index in [-0.39, 0.29) is 23.9 Å². The lowest BCUT2D eigenvalue weighted by Crippen LogP contribution is -2.45. The molecule has 2 saturated heterocycles. The number of aliphatic hydroxyl groups is 1. The number of benzene rings is 1. The number of ether oxygens (including phenoxy) is 1. The van der Waals surface area contributed by atoms with Crippen molar-refractivity contribution in [1.29, 1.82) is 0 Å². The van der Waals surface area contributed by atoms with Crippen molar-refractivity contribution in [2.45, 2.75) is 38.9 Å². The molecule has 0 aliphatic carbocycles. The summed E-state index contributed by atoms with van der Waals surface area (Å²) in [6, 6.07) is 7.39. The van der Waals surface area contributed by atoms with Crippen molar-refractivity contribution in [3.05, 3.63) is 58.9 Å². The Bertz CT molecular complexity index is 1010. The maximum Gasteiger partial charge on any atom is 0.338 e. The van der Waals surface area contributed by atoms with Crippen molar-refractivity contribution in [2.75, 3.05) is 31.1 Å². The summed E-state index contributed by atoms with van der Waals surface area (Å²) in [6.45, 7) is 5.05. The Morgan fingerprint density at radius 3 is 2.68 bits per heavy atom. The van der Waals surface area contributed by atoms with E-state index in [1.54, 1.807) is 18.5 Å². The van der Waals surface area contributed by atoms with Gasteiger partial charge >= 0.3 is 5.97 Å². The van der Waals surface area contributed by atoms with Crippen LogP contribution in [0.25, 0.3) is 0 Å². The summed E-state index contributed by atoms with van der Waals surface area (Å²) in [7, 11) is 0. The molecule has 1 spiro atoms. The van der Waals surface area contributed by atoms with Gasteiger partial charge in [-0.15, -0.1) is 0 Å². The van der Waals surface area contributed by atoms with Crippen molar-refractivity contribution < 1.29 is 19.4 Å². The van der Waals surface area contributed by atoms with Crippen LogP contribution < -0.4 is 4.90 Å². The molecule has 7 heteroatoms. The fraction of sp³-hybridized carbons (Fsp3) is 0.458. The Morgan fingerprint density at radius 2 is 1.94 bits per heavy atom. The lowest BCUT2D eigenvalue weighted by atomic mass is 9.77. The lowest BCUT2D eigenvalue weighted by molar-refractivity contribution is -0.128. The number of aliphatic hydroxyl groups excluding tert-OH is 1. The zero-order chi connectivity index (χ0) is 21.6. The van der Waals surface area contributed by atoms with Crippen LogP contribution in [0, 0.1) is 12.3 Å². The quantitative estimate of drug-likeness (QED) is 0.765. The van der Waals surface area contributed by atoms with E-state index in [1.807, 2.05) is 30.0 Å². The van der Waals surface area contributed by atoms with Gasteiger partial charge in [0.15, 0.2) is 0 Å². The van der Waals surface area contributed by atoms with Gasteiger partial charge in [-0.3, -0.25) is 9.78 Å². The molecule has 1 unspecified atom stereocenters. The molecule has 1 N–H and O–H groups in total. The van der Waals surface area contributed by atoms with E-state index >= 15 is 0 Å². The number of rotatable bonds is 4.